The fourth-order valence-corrected chi connectivity index (χ4v) is 1.32. The van der Waals surface area contributed by atoms with Crippen molar-refractivity contribution < 1.29 is 25.2 Å². The minimum atomic E-state index is -0.711. The van der Waals surface area contributed by atoms with Crippen LogP contribution in [0.3, 0.4) is 0 Å². The molecule has 4 unspecified atom stereocenters. The molecule has 15 heavy (non-hydrogen) atoms. The highest BCUT2D eigenvalue weighted by Crippen LogP contribution is 2.12. The van der Waals surface area contributed by atoms with Crippen molar-refractivity contribution in [3.8, 4) is 0 Å². The van der Waals surface area contributed by atoms with Crippen molar-refractivity contribution in [2.24, 2.45) is 0 Å². The van der Waals surface area contributed by atoms with E-state index in [0.717, 1.165) is 0 Å². The molecule has 4 atom stereocenters. The molecule has 0 fully saturated rings. The normalized spacial score (nSPS) is 19.6. The molecule has 0 amide bonds. The zero-order valence-electron chi connectivity index (χ0n) is 9.33. The first-order valence-corrected chi connectivity index (χ1v) is 5.26. The number of hydrogen-bond donors (Lipinski definition) is 4. The van der Waals surface area contributed by atoms with E-state index in [4.69, 9.17) is 14.9 Å². The van der Waals surface area contributed by atoms with Crippen LogP contribution in [0, 0.1) is 0 Å². The molecule has 0 rings (SSSR count). The minimum Gasteiger partial charge on any atom is -0.396 e. The summed E-state index contributed by atoms with van der Waals surface area (Å²) < 4.78 is 5.43. The van der Waals surface area contributed by atoms with E-state index in [9.17, 15) is 10.2 Å². The lowest BCUT2D eigenvalue weighted by Gasteiger charge is -2.27. The highest BCUT2D eigenvalue weighted by atomic mass is 16.5. The Morgan fingerprint density at radius 1 is 0.867 bits per heavy atom. The van der Waals surface area contributed by atoms with Crippen molar-refractivity contribution in [3.63, 3.8) is 0 Å². The molecular weight excluding hydrogens is 200 g/mol. The van der Waals surface area contributed by atoms with Crippen molar-refractivity contribution in [2.45, 2.75) is 51.1 Å². The van der Waals surface area contributed by atoms with Gasteiger partial charge in [0, 0.05) is 13.2 Å². The second kappa shape index (κ2) is 8.01. The summed E-state index contributed by atoms with van der Waals surface area (Å²) in [7, 11) is 0. The minimum absolute atomic E-state index is 0.0821. The van der Waals surface area contributed by atoms with Crippen LogP contribution in [0.1, 0.15) is 26.7 Å². The zero-order chi connectivity index (χ0) is 11.8. The molecule has 0 aliphatic heterocycles. The molecule has 0 aromatic rings. The second-order valence-electron chi connectivity index (χ2n) is 3.72. The molecule has 5 heteroatoms. The lowest BCUT2D eigenvalue weighted by molar-refractivity contribution is -0.119. The van der Waals surface area contributed by atoms with Gasteiger partial charge in [-0.05, 0) is 26.7 Å². The van der Waals surface area contributed by atoms with Crippen LogP contribution in [0.15, 0.2) is 0 Å². The smallest absolute Gasteiger partial charge is 0.0858 e. The molecular formula is C10H22O5. The summed E-state index contributed by atoms with van der Waals surface area (Å²) >= 11 is 0. The quantitative estimate of drug-likeness (QED) is 0.434. The van der Waals surface area contributed by atoms with Gasteiger partial charge in [0.2, 0.25) is 0 Å². The fraction of sp³-hybridized carbons (Fsp3) is 1.00. The van der Waals surface area contributed by atoms with E-state index >= 15 is 0 Å². The molecule has 5 nitrogen and oxygen atoms in total. The Bertz CT molecular complexity index is 133. The third kappa shape index (κ3) is 6.06. The molecule has 0 aromatic carbocycles. The van der Waals surface area contributed by atoms with Gasteiger partial charge in [-0.3, -0.25) is 0 Å². The van der Waals surface area contributed by atoms with Gasteiger partial charge in [0.05, 0.1) is 24.4 Å². The maximum absolute atomic E-state index is 9.36. The van der Waals surface area contributed by atoms with Gasteiger partial charge in [-0.2, -0.15) is 0 Å². The molecule has 0 heterocycles. The van der Waals surface area contributed by atoms with Crippen LogP contribution in [0.4, 0.5) is 0 Å². The highest BCUT2D eigenvalue weighted by molar-refractivity contribution is 4.71. The van der Waals surface area contributed by atoms with E-state index in [1.165, 1.54) is 0 Å². The van der Waals surface area contributed by atoms with E-state index in [-0.39, 0.29) is 13.2 Å². The van der Waals surface area contributed by atoms with Crippen molar-refractivity contribution in [3.05, 3.63) is 0 Å². The predicted molar refractivity (Wildman–Crippen MR) is 55.4 cm³/mol. The van der Waals surface area contributed by atoms with Crippen molar-refractivity contribution >= 4 is 0 Å². The number of hydrogen-bond acceptors (Lipinski definition) is 5. The average molecular weight is 222 g/mol. The van der Waals surface area contributed by atoms with Gasteiger partial charge in [-0.1, -0.05) is 0 Å². The molecule has 0 saturated carbocycles. The lowest BCUT2D eigenvalue weighted by atomic mass is 10.1. The predicted octanol–water partition coefficient (Wildman–Crippen LogP) is -0.733. The largest absolute Gasteiger partial charge is 0.396 e. The maximum Gasteiger partial charge on any atom is 0.0858 e. The Morgan fingerprint density at radius 2 is 1.20 bits per heavy atom. The summed E-state index contributed by atoms with van der Waals surface area (Å²) in [6, 6.07) is 0. The summed E-state index contributed by atoms with van der Waals surface area (Å²) in [5.41, 5.74) is 0. The third-order valence-electron chi connectivity index (χ3n) is 2.25. The SMILES string of the molecule is CC(O)C(CCO)OC(CCO)C(C)O. The van der Waals surface area contributed by atoms with Gasteiger partial charge >= 0.3 is 0 Å². The molecule has 0 bridgehead atoms. The second-order valence-corrected chi connectivity index (χ2v) is 3.72. The summed E-state index contributed by atoms with van der Waals surface area (Å²) in [6.45, 7) is 2.97. The Kier molecular flexibility index (Phi) is 7.90. The number of aliphatic hydroxyl groups is 4. The van der Waals surface area contributed by atoms with Crippen LogP contribution < -0.4 is 0 Å². The van der Waals surface area contributed by atoms with E-state index in [1.807, 2.05) is 0 Å². The Balaban J connectivity index is 4.19. The monoisotopic (exact) mass is 222 g/mol. The van der Waals surface area contributed by atoms with E-state index < -0.39 is 24.4 Å². The molecule has 4 N–H and O–H groups in total. The lowest BCUT2D eigenvalue weighted by Crippen LogP contribution is -2.37. The van der Waals surface area contributed by atoms with Crippen LogP contribution in [0.5, 0.6) is 0 Å². The zero-order valence-corrected chi connectivity index (χ0v) is 9.33. The third-order valence-corrected chi connectivity index (χ3v) is 2.25. The first kappa shape index (κ1) is 14.8. The van der Waals surface area contributed by atoms with Crippen LogP contribution in [0.2, 0.25) is 0 Å². The van der Waals surface area contributed by atoms with Crippen LogP contribution in [-0.4, -0.2) is 58.1 Å². The first-order chi connectivity index (χ1) is 7.02. The Hall–Kier alpha value is -0.200. The number of ether oxygens (including phenoxy) is 1. The van der Waals surface area contributed by atoms with Gasteiger partial charge in [-0.25, -0.2) is 0 Å². The Morgan fingerprint density at radius 3 is 1.40 bits per heavy atom. The summed E-state index contributed by atoms with van der Waals surface area (Å²) in [5.74, 6) is 0. The van der Waals surface area contributed by atoms with Gasteiger partial charge in [-0.15, -0.1) is 0 Å². The highest BCUT2D eigenvalue weighted by Gasteiger charge is 2.23. The van der Waals surface area contributed by atoms with Crippen LogP contribution in [-0.2, 0) is 4.74 Å². The molecule has 0 saturated heterocycles. The number of aliphatic hydroxyl groups excluding tert-OH is 4. The molecule has 0 aliphatic rings. The van der Waals surface area contributed by atoms with Gasteiger partial charge in [0.25, 0.3) is 0 Å². The van der Waals surface area contributed by atoms with Gasteiger partial charge < -0.3 is 25.2 Å². The topological polar surface area (TPSA) is 90.2 Å². The van der Waals surface area contributed by atoms with Crippen LogP contribution in [0.25, 0.3) is 0 Å². The van der Waals surface area contributed by atoms with E-state index in [1.54, 1.807) is 13.8 Å². The average Bonchev–Trinajstić information content (AvgIpc) is 2.15. The van der Waals surface area contributed by atoms with Gasteiger partial charge in [0.1, 0.15) is 0 Å². The van der Waals surface area contributed by atoms with Crippen molar-refractivity contribution in [1.29, 1.82) is 0 Å². The van der Waals surface area contributed by atoms with Crippen molar-refractivity contribution in [1.82, 2.24) is 0 Å². The fourth-order valence-electron chi connectivity index (χ4n) is 1.32. The van der Waals surface area contributed by atoms with Gasteiger partial charge in [0.15, 0.2) is 0 Å². The standard InChI is InChI=1S/C10H22O5/c1-7(13)9(3-5-11)15-10(4-6-12)8(2)14/h7-14H,3-6H2,1-2H3. The molecule has 0 radical (unpaired) electrons. The van der Waals surface area contributed by atoms with E-state index in [2.05, 4.69) is 0 Å². The Labute approximate surface area is 90.3 Å². The van der Waals surface area contributed by atoms with Crippen LogP contribution >= 0.6 is 0 Å². The number of rotatable bonds is 8. The summed E-state index contributed by atoms with van der Waals surface area (Å²) in [6.07, 6.45) is -1.82. The summed E-state index contributed by atoms with van der Waals surface area (Å²) in [4.78, 5) is 0. The molecule has 0 spiro atoms. The molecule has 0 aromatic heterocycles. The maximum atomic E-state index is 9.36. The summed E-state index contributed by atoms with van der Waals surface area (Å²) in [5, 5.41) is 36.3. The first-order valence-electron chi connectivity index (χ1n) is 5.26. The molecule has 0 aliphatic carbocycles. The van der Waals surface area contributed by atoms with E-state index in [0.29, 0.717) is 12.8 Å². The van der Waals surface area contributed by atoms with Crippen molar-refractivity contribution in [2.75, 3.05) is 13.2 Å². The molecule has 92 valence electrons.